The quantitative estimate of drug-likeness (QED) is 0.352. The Labute approximate surface area is 104 Å². The minimum absolute atomic E-state index is 0.0142. The number of oxime groups is 1. The van der Waals surface area contributed by atoms with Crippen LogP contribution in [-0.2, 0) is 0 Å². The fraction of sp³-hybridized carbons (Fsp3) is 0.364. The zero-order valence-corrected chi connectivity index (χ0v) is 10.0. The molecular weight excluding hydrogens is 239 g/mol. The number of amides is 1. The Kier molecular flexibility index (Phi) is 5.04. The second-order valence-electron chi connectivity index (χ2n) is 3.71. The van der Waals surface area contributed by atoms with E-state index in [1.807, 2.05) is 6.92 Å². The van der Waals surface area contributed by atoms with Crippen molar-refractivity contribution in [3.8, 4) is 0 Å². The van der Waals surface area contributed by atoms with Gasteiger partial charge in [-0.25, -0.2) is 4.39 Å². The van der Waals surface area contributed by atoms with Crippen LogP contribution in [0, 0.1) is 5.82 Å². The Morgan fingerprint density at radius 2 is 2.33 bits per heavy atom. The van der Waals surface area contributed by atoms with Crippen LogP contribution in [0.25, 0.3) is 0 Å². The molecule has 0 aromatic carbocycles. The monoisotopic (exact) mass is 254 g/mol. The molecular formula is C11H15FN4O2. The van der Waals surface area contributed by atoms with E-state index in [0.29, 0.717) is 13.0 Å². The molecule has 0 bridgehead atoms. The van der Waals surface area contributed by atoms with Crippen LogP contribution in [0.1, 0.15) is 23.7 Å². The lowest BCUT2D eigenvalue weighted by atomic mass is 10.2. The predicted molar refractivity (Wildman–Crippen MR) is 63.8 cm³/mol. The van der Waals surface area contributed by atoms with E-state index in [-0.39, 0.29) is 17.9 Å². The average molecular weight is 254 g/mol. The van der Waals surface area contributed by atoms with Gasteiger partial charge in [0.25, 0.3) is 5.91 Å². The third kappa shape index (κ3) is 3.69. The summed E-state index contributed by atoms with van der Waals surface area (Å²) >= 11 is 0. The van der Waals surface area contributed by atoms with Crippen LogP contribution < -0.4 is 5.73 Å². The molecule has 1 aromatic rings. The molecule has 0 aliphatic rings. The summed E-state index contributed by atoms with van der Waals surface area (Å²) < 4.78 is 13.0. The molecule has 3 N–H and O–H groups in total. The number of halogens is 1. The van der Waals surface area contributed by atoms with Crippen LogP contribution in [0.3, 0.4) is 0 Å². The summed E-state index contributed by atoms with van der Waals surface area (Å²) in [6, 6.07) is 1.10. The first-order valence-electron chi connectivity index (χ1n) is 5.44. The number of carbonyl (C=O) groups is 1. The lowest BCUT2D eigenvalue weighted by Gasteiger charge is -2.21. The lowest BCUT2D eigenvalue weighted by molar-refractivity contribution is 0.0777. The highest BCUT2D eigenvalue weighted by Gasteiger charge is 2.17. The van der Waals surface area contributed by atoms with E-state index >= 15 is 0 Å². The molecule has 1 aromatic heterocycles. The molecule has 0 spiro atoms. The lowest BCUT2D eigenvalue weighted by Crippen LogP contribution is -2.39. The number of nitrogens with two attached hydrogens (primary N) is 1. The third-order valence-corrected chi connectivity index (χ3v) is 2.21. The summed E-state index contributed by atoms with van der Waals surface area (Å²) in [5, 5.41) is 11.3. The van der Waals surface area contributed by atoms with Gasteiger partial charge in [-0.1, -0.05) is 12.1 Å². The third-order valence-electron chi connectivity index (χ3n) is 2.21. The fourth-order valence-corrected chi connectivity index (χ4v) is 1.46. The van der Waals surface area contributed by atoms with Gasteiger partial charge in [0, 0.05) is 12.7 Å². The summed E-state index contributed by atoms with van der Waals surface area (Å²) in [5.74, 6) is -1.07. The van der Waals surface area contributed by atoms with Crippen LogP contribution in [0.15, 0.2) is 23.6 Å². The molecule has 6 nitrogen and oxygen atoms in total. The fourth-order valence-electron chi connectivity index (χ4n) is 1.46. The number of aromatic nitrogens is 1. The van der Waals surface area contributed by atoms with Crippen molar-refractivity contribution in [1.82, 2.24) is 9.88 Å². The summed E-state index contributed by atoms with van der Waals surface area (Å²) in [4.78, 5) is 17.0. The first-order valence-corrected chi connectivity index (χ1v) is 5.44. The first kappa shape index (κ1) is 13.9. The maximum absolute atomic E-state index is 13.0. The van der Waals surface area contributed by atoms with Crippen LogP contribution in [0.4, 0.5) is 4.39 Å². The number of hydrogen-bond donors (Lipinski definition) is 2. The molecule has 7 heteroatoms. The maximum atomic E-state index is 13.0. The molecule has 98 valence electrons. The largest absolute Gasteiger partial charge is 0.409 e. The molecule has 0 fully saturated rings. The molecule has 0 atom stereocenters. The average Bonchev–Trinajstić information content (AvgIpc) is 2.37. The number of amidine groups is 1. The van der Waals surface area contributed by atoms with Crippen molar-refractivity contribution in [3.63, 3.8) is 0 Å². The van der Waals surface area contributed by atoms with Gasteiger partial charge in [-0.2, -0.15) is 0 Å². The van der Waals surface area contributed by atoms with Crippen LogP contribution in [0.2, 0.25) is 0 Å². The molecule has 1 rings (SSSR count). The number of nitrogens with zero attached hydrogens (tertiary/aromatic N) is 3. The van der Waals surface area contributed by atoms with E-state index in [9.17, 15) is 9.18 Å². The number of carbonyl (C=O) groups excluding carboxylic acids is 1. The van der Waals surface area contributed by atoms with Gasteiger partial charge >= 0.3 is 0 Å². The van der Waals surface area contributed by atoms with Gasteiger partial charge < -0.3 is 15.8 Å². The van der Waals surface area contributed by atoms with E-state index in [4.69, 9.17) is 10.9 Å². The Morgan fingerprint density at radius 3 is 2.89 bits per heavy atom. The topological polar surface area (TPSA) is 91.8 Å². The van der Waals surface area contributed by atoms with Gasteiger partial charge in [0.05, 0.1) is 18.3 Å². The second-order valence-corrected chi connectivity index (χ2v) is 3.71. The highest BCUT2D eigenvalue weighted by molar-refractivity contribution is 5.96. The number of pyridine rings is 1. The Bertz CT molecular complexity index is 450. The molecule has 0 saturated carbocycles. The van der Waals surface area contributed by atoms with Crippen molar-refractivity contribution < 1.29 is 14.4 Å². The zero-order valence-electron chi connectivity index (χ0n) is 10.0. The minimum atomic E-state index is -0.582. The summed E-state index contributed by atoms with van der Waals surface area (Å²) in [6.45, 7) is 2.29. The van der Waals surface area contributed by atoms with Crippen molar-refractivity contribution >= 4 is 11.7 Å². The summed E-state index contributed by atoms with van der Waals surface area (Å²) in [5.41, 5.74) is 5.50. The molecule has 18 heavy (non-hydrogen) atoms. The molecule has 0 aliphatic carbocycles. The highest BCUT2D eigenvalue weighted by atomic mass is 19.1. The maximum Gasteiger partial charge on any atom is 0.255 e. The van der Waals surface area contributed by atoms with Gasteiger partial charge in [-0.3, -0.25) is 9.78 Å². The number of rotatable bonds is 5. The van der Waals surface area contributed by atoms with Crippen molar-refractivity contribution in [2.75, 3.05) is 13.1 Å². The smallest absolute Gasteiger partial charge is 0.255 e. The Balaban J connectivity index is 2.88. The molecule has 0 unspecified atom stereocenters. The van der Waals surface area contributed by atoms with E-state index < -0.39 is 11.7 Å². The van der Waals surface area contributed by atoms with E-state index in [1.165, 1.54) is 11.1 Å². The normalized spacial score (nSPS) is 11.3. The second kappa shape index (κ2) is 6.53. The van der Waals surface area contributed by atoms with Gasteiger partial charge in [0.2, 0.25) is 0 Å². The van der Waals surface area contributed by atoms with Crippen LogP contribution in [-0.4, -0.2) is 39.9 Å². The van der Waals surface area contributed by atoms with Gasteiger partial charge in [0.15, 0.2) is 5.84 Å². The van der Waals surface area contributed by atoms with Crippen LogP contribution >= 0.6 is 0 Å². The highest BCUT2D eigenvalue weighted by Crippen LogP contribution is 2.06. The predicted octanol–water partition coefficient (Wildman–Crippen LogP) is 0.819. The van der Waals surface area contributed by atoms with Crippen LogP contribution in [0.5, 0.6) is 0 Å². The van der Waals surface area contributed by atoms with E-state index in [2.05, 4.69) is 10.1 Å². The summed E-state index contributed by atoms with van der Waals surface area (Å²) in [7, 11) is 0. The molecule has 0 aliphatic heterocycles. The summed E-state index contributed by atoms with van der Waals surface area (Å²) in [6.07, 6.45) is 3.00. The minimum Gasteiger partial charge on any atom is -0.409 e. The van der Waals surface area contributed by atoms with Crippen molar-refractivity contribution in [3.05, 3.63) is 29.8 Å². The van der Waals surface area contributed by atoms with Gasteiger partial charge in [-0.05, 0) is 12.5 Å². The van der Waals surface area contributed by atoms with Gasteiger partial charge in [0.1, 0.15) is 5.82 Å². The Morgan fingerprint density at radius 1 is 1.61 bits per heavy atom. The molecule has 0 saturated heterocycles. The van der Waals surface area contributed by atoms with Gasteiger partial charge in [-0.15, -0.1) is 0 Å². The standard InChI is InChI=1S/C11H15FN4O2/c1-2-3-16(7-10(13)15-18)11(17)8-4-9(12)6-14-5-8/h4-6,18H,2-3,7H2,1H3,(H2,13,15). The number of hydrogen-bond acceptors (Lipinski definition) is 4. The van der Waals surface area contributed by atoms with Crippen molar-refractivity contribution in [2.45, 2.75) is 13.3 Å². The molecule has 1 amide bonds. The zero-order chi connectivity index (χ0) is 13.5. The SMILES string of the molecule is CCCN(C/C(N)=N/O)C(=O)c1cncc(F)c1. The Hall–Kier alpha value is -2.18. The molecule has 1 heterocycles. The van der Waals surface area contributed by atoms with E-state index in [0.717, 1.165) is 12.3 Å². The van der Waals surface area contributed by atoms with Crippen molar-refractivity contribution in [1.29, 1.82) is 0 Å². The van der Waals surface area contributed by atoms with E-state index in [1.54, 1.807) is 0 Å². The first-order chi connectivity index (χ1) is 8.58. The van der Waals surface area contributed by atoms with Crippen molar-refractivity contribution in [2.24, 2.45) is 10.9 Å². The molecule has 0 radical (unpaired) electrons.